The Labute approximate surface area is 138 Å². The van der Waals surface area contributed by atoms with Crippen LogP contribution in [-0.2, 0) is 10.0 Å². The Balaban J connectivity index is 1.61. The van der Waals surface area contributed by atoms with E-state index in [1.165, 1.54) is 15.6 Å². The van der Waals surface area contributed by atoms with E-state index in [0.717, 1.165) is 0 Å². The van der Waals surface area contributed by atoms with E-state index in [2.05, 4.69) is 10.3 Å². The number of hydrogen-bond acceptors (Lipinski definition) is 5. The topological polar surface area (TPSA) is 82.6 Å². The van der Waals surface area contributed by atoms with Crippen molar-refractivity contribution in [2.24, 2.45) is 0 Å². The molecule has 0 aliphatic carbocycles. The van der Waals surface area contributed by atoms with Crippen LogP contribution in [0.3, 0.4) is 0 Å². The van der Waals surface area contributed by atoms with E-state index in [4.69, 9.17) is 0 Å². The molecule has 0 bridgehead atoms. The van der Waals surface area contributed by atoms with Crippen molar-refractivity contribution in [3.05, 3.63) is 41.9 Å². The highest BCUT2D eigenvalue weighted by molar-refractivity contribution is 7.89. The van der Waals surface area contributed by atoms with E-state index in [1.54, 1.807) is 46.8 Å². The standard InChI is InChI=1S/C14H16N4O3S2/c19-14(16-13-15-6-11-22-13)17-7-9-18(10-8-17)23(20,21)12-4-2-1-3-5-12/h1-6,11H,7-10H2,(H,15,16,19). The summed E-state index contributed by atoms with van der Waals surface area (Å²) in [5, 5.41) is 5.02. The highest BCUT2D eigenvalue weighted by Crippen LogP contribution is 2.18. The van der Waals surface area contributed by atoms with Gasteiger partial charge in [-0.3, -0.25) is 5.32 Å². The molecule has 7 nitrogen and oxygen atoms in total. The van der Waals surface area contributed by atoms with E-state index < -0.39 is 10.0 Å². The van der Waals surface area contributed by atoms with Crippen LogP contribution in [0.25, 0.3) is 0 Å². The molecule has 0 radical (unpaired) electrons. The predicted molar refractivity (Wildman–Crippen MR) is 87.9 cm³/mol. The fourth-order valence-electron chi connectivity index (χ4n) is 2.33. The molecule has 0 atom stereocenters. The zero-order valence-corrected chi connectivity index (χ0v) is 13.9. The Morgan fingerprint density at radius 2 is 1.83 bits per heavy atom. The second kappa shape index (κ2) is 6.65. The molecule has 2 aromatic rings. The molecule has 2 heterocycles. The highest BCUT2D eigenvalue weighted by Gasteiger charge is 2.30. The number of nitrogens with zero attached hydrogens (tertiary/aromatic N) is 3. The van der Waals surface area contributed by atoms with Crippen LogP contribution >= 0.6 is 11.3 Å². The Hall–Kier alpha value is -1.97. The zero-order chi connectivity index (χ0) is 16.3. The van der Waals surface area contributed by atoms with Crippen molar-refractivity contribution >= 4 is 32.5 Å². The van der Waals surface area contributed by atoms with Crippen molar-refractivity contribution in [1.29, 1.82) is 0 Å². The Morgan fingerprint density at radius 3 is 2.43 bits per heavy atom. The minimum atomic E-state index is -3.50. The summed E-state index contributed by atoms with van der Waals surface area (Å²) in [4.78, 5) is 18.0. The van der Waals surface area contributed by atoms with E-state index in [-0.39, 0.29) is 24.0 Å². The SMILES string of the molecule is O=C(Nc1nccs1)N1CCN(S(=O)(=O)c2ccccc2)CC1. The summed E-state index contributed by atoms with van der Waals surface area (Å²) in [6.07, 6.45) is 1.62. The third-order valence-electron chi connectivity index (χ3n) is 3.55. The first kappa shape index (κ1) is 15.9. The maximum absolute atomic E-state index is 12.5. The summed E-state index contributed by atoms with van der Waals surface area (Å²) in [5.74, 6) is 0. The van der Waals surface area contributed by atoms with Crippen molar-refractivity contribution in [3.63, 3.8) is 0 Å². The monoisotopic (exact) mass is 352 g/mol. The number of hydrogen-bond donors (Lipinski definition) is 1. The summed E-state index contributed by atoms with van der Waals surface area (Å²) in [6, 6.07) is 8.08. The lowest BCUT2D eigenvalue weighted by molar-refractivity contribution is 0.184. The molecule has 9 heteroatoms. The number of aromatic nitrogens is 1. The molecule has 1 aromatic carbocycles. The molecule has 0 saturated carbocycles. The number of thiazole rings is 1. The molecule has 1 aliphatic rings. The minimum absolute atomic E-state index is 0.253. The smallest absolute Gasteiger partial charge is 0.322 e. The molecule has 0 unspecified atom stereocenters. The minimum Gasteiger partial charge on any atom is -0.322 e. The average Bonchev–Trinajstić information content (AvgIpc) is 3.09. The van der Waals surface area contributed by atoms with Gasteiger partial charge in [-0.1, -0.05) is 18.2 Å². The van der Waals surface area contributed by atoms with Crippen LogP contribution in [0.15, 0.2) is 46.8 Å². The van der Waals surface area contributed by atoms with Gasteiger partial charge < -0.3 is 4.90 Å². The molecule has 1 saturated heterocycles. The highest BCUT2D eigenvalue weighted by atomic mass is 32.2. The summed E-state index contributed by atoms with van der Waals surface area (Å²) in [5.41, 5.74) is 0. The van der Waals surface area contributed by atoms with Crippen molar-refractivity contribution in [2.45, 2.75) is 4.90 Å². The lowest BCUT2D eigenvalue weighted by Gasteiger charge is -2.33. The molecule has 1 aliphatic heterocycles. The Bertz CT molecular complexity index is 755. The van der Waals surface area contributed by atoms with Crippen LogP contribution in [0.5, 0.6) is 0 Å². The molecule has 3 rings (SSSR count). The number of piperazine rings is 1. The average molecular weight is 352 g/mol. The zero-order valence-electron chi connectivity index (χ0n) is 12.3. The number of rotatable bonds is 3. The number of sulfonamides is 1. The van der Waals surface area contributed by atoms with E-state index in [9.17, 15) is 13.2 Å². The molecule has 1 N–H and O–H groups in total. The number of carbonyl (C=O) groups excluding carboxylic acids is 1. The fourth-order valence-corrected chi connectivity index (χ4v) is 4.29. The molecule has 2 amide bonds. The van der Waals surface area contributed by atoms with E-state index in [1.807, 2.05) is 0 Å². The lowest BCUT2D eigenvalue weighted by Crippen LogP contribution is -2.51. The maximum Gasteiger partial charge on any atom is 0.323 e. The first-order valence-corrected chi connectivity index (χ1v) is 9.40. The van der Waals surface area contributed by atoms with Crippen LogP contribution in [0.1, 0.15) is 0 Å². The molecule has 1 aromatic heterocycles. The van der Waals surface area contributed by atoms with Gasteiger partial charge in [-0.05, 0) is 12.1 Å². The summed E-state index contributed by atoms with van der Waals surface area (Å²) < 4.78 is 26.4. The van der Waals surface area contributed by atoms with Gasteiger partial charge in [-0.25, -0.2) is 18.2 Å². The fraction of sp³-hybridized carbons (Fsp3) is 0.286. The van der Waals surface area contributed by atoms with Crippen LogP contribution in [-0.4, -0.2) is 54.8 Å². The molecule has 0 spiro atoms. The normalized spacial score (nSPS) is 16.3. The van der Waals surface area contributed by atoms with Gasteiger partial charge in [0, 0.05) is 37.8 Å². The summed E-state index contributed by atoms with van der Waals surface area (Å²) in [6.45, 7) is 1.26. The summed E-state index contributed by atoms with van der Waals surface area (Å²) >= 11 is 1.34. The first-order valence-electron chi connectivity index (χ1n) is 7.08. The number of nitrogens with one attached hydrogen (secondary N) is 1. The third kappa shape index (κ3) is 3.52. The van der Waals surface area contributed by atoms with Crippen molar-refractivity contribution in [1.82, 2.24) is 14.2 Å². The number of carbonyl (C=O) groups is 1. The number of anilines is 1. The van der Waals surface area contributed by atoms with Crippen molar-refractivity contribution in [3.8, 4) is 0 Å². The van der Waals surface area contributed by atoms with Crippen molar-refractivity contribution in [2.75, 3.05) is 31.5 Å². The number of urea groups is 1. The van der Waals surface area contributed by atoms with Crippen LogP contribution in [0.2, 0.25) is 0 Å². The molecular weight excluding hydrogens is 336 g/mol. The van der Waals surface area contributed by atoms with E-state index >= 15 is 0 Å². The molecule has 23 heavy (non-hydrogen) atoms. The Kier molecular flexibility index (Phi) is 4.60. The molecule has 122 valence electrons. The molecule has 1 fully saturated rings. The van der Waals surface area contributed by atoms with Crippen LogP contribution in [0, 0.1) is 0 Å². The quantitative estimate of drug-likeness (QED) is 0.911. The Morgan fingerprint density at radius 1 is 1.13 bits per heavy atom. The lowest BCUT2D eigenvalue weighted by atomic mass is 10.4. The maximum atomic E-state index is 12.5. The van der Waals surface area contributed by atoms with Gasteiger partial charge in [0.15, 0.2) is 5.13 Å². The predicted octanol–water partition coefficient (Wildman–Crippen LogP) is 1.68. The second-order valence-electron chi connectivity index (χ2n) is 4.97. The van der Waals surface area contributed by atoms with E-state index in [0.29, 0.717) is 18.2 Å². The largest absolute Gasteiger partial charge is 0.323 e. The van der Waals surface area contributed by atoms with Gasteiger partial charge >= 0.3 is 6.03 Å². The van der Waals surface area contributed by atoms with Crippen LogP contribution < -0.4 is 5.32 Å². The third-order valence-corrected chi connectivity index (χ3v) is 6.15. The second-order valence-corrected chi connectivity index (χ2v) is 7.80. The van der Waals surface area contributed by atoms with Gasteiger partial charge in [0.1, 0.15) is 0 Å². The van der Waals surface area contributed by atoms with Crippen LogP contribution in [0.4, 0.5) is 9.93 Å². The summed E-state index contributed by atoms with van der Waals surface area (Å²) in [7, 11) is -3.50. The van der Waals surface area contributed by atoms with Crippen molar-refractivity contribution < 1.29 is 13.2 Å². The van der Waals surface area contributed by atoms with Gasteiger partial charge in [0.25, 0.3) is 0 Å². The van der Waals surface area contributed by atoms with Gasteiger partial charge in [-0.15, -0.1) is 11.3 Å². The van der Waals surface area contributed by atoms with Gasteiger partial charge in [-0.2, -0.15) is 4.31 Å². The van der Waals surface area contributed by atoms with Gasteiger partial charge in [0.2, 0.25) is 10.0 Å². The van der Waals surface area contributed by atoms with Gasteiger partial charge in [0.05, 0.1) is 4.90 Å². The first-order chi connectivity index (χ1) is 11.1. The number of benzene rings is 1. The number of amides is 2. The molecular formula is C14H16N4O3S2.